The normalized spacial score (nSPS) is 24.2. The number of rotatable bonds is 3. The van der Waals surface area contributed by atoms with E-state index < -0.39 is 5.82 Å². The summed E-state index contributed by atoms with van der Waals surface area (Å²) in [6.45, 7) is 3.93. The fraction of sp³-hybridized carbons (Fsp3) is 0.462. The zero-order chi connectivity index (χ0) is 12.6. The van der Waals surface area contributed by atoms with Crippen LogP contribution in [0.1, 0.15) is 31.9 Å². The molecule has 3 unspecified atom stereocenters. The number of hydrogen-bond donors (Lipinski definition) is 1. The molecule has 17 heavy (non-hydrogen) atoms. The summed E-state index contributed by atoms with van der Waals surface area (Å²) in [4.78, 5) is 11.7. The van der Waals surface area contributed by atoms with Gasteiger partial charge >= 0.3 is 0 Å². The maximum atomic E-state index is 13.0. The van der Waals surface area contributed by atoms with Crippen molar-refractivity contribution in [3.63, 3.8) is 0 Å². The summed E-state index contributed by atoms with van der Waals surface area (Å²) in [5.74, 6) is 0.266. The summed E-state index contributed by atoms with van der Waals surface area (Å²) < 4.78 is 13.0. The summed E-state index contributed by atoms with van der Waals surface area (Å²) in [6, 6.07) is 4.37. The quantitative estimate of drug-likeness (QED) is 0.882. The van der Waals surface area contributed by atoms with Gasteiger partial charge in [0.25, 0.3) is 0 Å². The largest absolute Gasteiger partial charge is 0.349 e. The molecule has 92 valence electrons. The Hall–Kier alpha value is -1.09. The molecule has 0 aliphatic heterocycles. The van der Waals surface area contributed by atoms with Crippen molar-refractivity contribution in [2.75, 3.05) is 0 Å². The van der Waals surface area contributed by atoms with Crippen molar-refractivity contribution in [3.05, 3.63) is 34.6 Å². The predicted octanol–water partition coefficient (Wildman–Crippen LogP) is 3.31. The first-order valence-corrected chi connectivity index (χ1v) is 6.12. The Morgan fingerprint density at radius 2 is 2.24 bits per heavy atom. The summed E-state index contributed by atoms with van der Waals surface area (Å²) in [6.07, 6.45) is 0.961. The number of carbonyl (C=O) groups is 1. The van der Waals surface area contributed by atoms with Crippen LogP contribution in [-0.4, -0.2) is 5.91 Å². The number of benzene rings is 1. The van der Waals surface area contributed by atoms with Gasteiger partial charge in [0.15, 0.2) is 0 Å². The van der Waals surface area contributed by atoms with E-state index in [1.165, 1.54) is 6.07 Å². The Morgan fingerprint density at radius 3 is 2.76 bits per heavy atom. The first kappa shape index (κ1) is 12.4. The standard InChI is InChI=1S/C13H15ClFNO/c1-7-5-10(7)13(17)16-8(2)9-3-4-12(15)11(14)6-9/h3-4,6-8,10H,5H2,1-2H3,(H,16,17). The van der Waals surface area contributed by atoms with Crippen LogP contribution < -0.4 is 5.32 Å². The number of carbonyl (C=O) groups excluding carboxylic acids is 1. The molecule has 1 aromatic rings. The van der Waals surface area contributed by atoms with Gasteiger partial charge in [-0.3, -0.25) is 4.79 Å². The van der Waals surface area contributed by atoms with Crippen molar-refractivity contribution in [3.8, 4) is 0 Å². The van der Waals surface area contributed by atoms with Crippen LogP contribution in [0.15, 0.2) is 18.2 Å². The fourth-order valence-corrected chi connectivity index (χ4v) is 2.06. The van der Waals surface area contributed by atoms with Crippen LogP contribution in [0.5, 0.6) is 0 Å². The molecule has 4 heteroatoms. The average molecular weight is 256 g/mol. The van der Waals surface area contributed by atoms with E-state index in [1.54, 1.807) is 12.1 Å². The molecule has 3 atom stereocenters. The van der Waals surface area contributed by atoms with Gasteiger partial charge in [-0.15, -0.1) is 0 Å². The van der Waals surface area contributed by atoms with Crippen molar-refractivity contribution in [1.29, 1.82) is 0 Å². The van der Waals surface area contributed by atoms with E-state index in [0.29, 0.717) is 5.92 Å². The SMILES string of the molecule is CC(NC(=O)C1CC1C)c1ccc(F)c(Cl)c1. The zero-order valence-corrected chi connectivity index (χ0v) is 10.6. The van der Waals surface area contributed by atoms with E-state index in [-0.39, 0.29) is 22.9 Å². The maximum absolute atomic E-state index is 13.0. The summed E-state index contributed by atoms with van der Waals surface area (Å²) in [5.41, 5.74) is 0.818. The van der Waals surface area contributed by atoms with E-state index in [1.807, 2.05) is 6.92 Å². The molecule has 0 aromatic heterocycles. The Morgan fingerprint density at radius 1 is 1.59 bits per heavy atom. The molecule has 0 radical (unpaired) electrons. The minimum absolute atomic E-state index is 0.0745. The lowest BCUT2D eigenvalue weighted by Gasteiger charge is -2.14. The Balaban J connectivity index is 2.01. The molecule has 1 aliphatic carbocycles. The molecule has 2 rings (SSSR count). The third kappa shape index (κ3) is 2.78. The van der Waals surface area contributed by atoms with E-state index in [2.05, 4.69) is 12.2 Å². The highest BCUT2D eigenvalue weighted by Gasteiger charge is 2.39. The van der Waals surface area contributed by atoms with Gasteiger partial charge in [-0.05, 0) is 37.0 Å². The molecule has 0 bridgehead atoms. The Labute approximate surface area is 105 Å². The lowest BCUT2D eigenvalue weighted by atomic mass is 10.1. The van der Waals surface area contributed by atoms with Crippen LogP contribution in [0.3, 0.4) is 0 Å². The van der Waals surface area contributed by atoms with Gasteiger partial charge in [0.1, 0.15) is 5.82 Å². The highest BCUT2D eigenvalue weighted by atomic mass is 35.5. The second-order valence-electron chi connectivity index (χ2n) is 4.72. The Kier molecular flexibility index (Phi) is 3.38. The summed E-state index contributed by atoms with van der Waals surface area (Å²) in [5, 5.41) is 3.00. The molecule has 1 aromatic carbocycles. The van der Waals surface area contributed by atoms with Gasteiger partial charge in [-0.25, -0.2) is 4.39 Å². The van der Waals surface area contributed by atoms with Crippen molar-refractivity contribution >= 4 is 17.5 Å². The highest BCUT2D eigenvalue weighted by molar-refractivity contribution is 6.30. The molecule has 0 spiro atoms. The van der Waals surface area contributed by atoms with Crippen LogP contribution in [0.2, 0.25) is 5.02 Å². The second-order valence-corrected chi connectivity index (χ2v) is 5.13. The minimum Gasteiger partial charge on any atom is -0.349 e. The molecule has 0 heterocycles. The predicted molar refractivity (Wildman–Crippen MR) is 65.2 cm³/mol. The van der Waals surface area contributed by atoms with Crippen molar-refractivity contribution < 1.29 is 9.18 Å². The van der Waals surface area contributed by atoms with E-state index in [0.717, 1.165) is 12.0 Å². The lowest BCUT2D eigenvalue weighted by Crippen LogP contribution is -2.28. The van der Waals surface area contributed by atoms with Crippen molar-refractivity contribution in [1.82, 2.24) is 5.32 Å². The van der Waals surface area contributed by atoms with Crippen LogP contribution in [0.25, 0.3) is 0 Å². The van der Waals surface area contributed by atoms with Gasteiger partial charge in [0.05, 0.1) is 11.1 Å². The zero-order valence-electron chi connectivity index (χ0n) is 9.84. The first-order chi connectivity index (χ1) is 7.99. The van der Waals surface area contributed by atoms with Gasteiger partial charge in [-0.2, -0.15) is 0 Å². The molecule has 1 fully saturated rings. The van der Waals surface area contributed by atoms with Gasteiger partial charge < -0.3 is 5.32 Å². The van der Waals surface area contributed by atoms with Crippen LogP contribution in [-0.2, 0) is 4.79 Å². The number of hydrogen-bond acceptors (Lipinski definition) is 1. The smallest absolute Gasteiger partial charge is 0.223 e. The van der Waals surface area contributed by atoms with Crippen LogP contribution in [0.4, 0.5) is 4.39 Å². The molecule has 1 amide bonds. The molecular formula is C13H15ClFNO. The topological polar surface area (TPSA) is 29.1 Å². The monoisotopic (exact) mass is 255 g/mol. The minimum atomic E-state index is -0.440. The van der Waals surface area contributed by atoms with E-state index in [9.17, 15) is 9.18 Å². The maximum Gasteiger partial charge on any atom is 0.223 e. The highest BCUT2D eigenvalue weighted by Crippen LogP contribution is 2.38. The average Bonchev–Trinajstić information content (AvgIpc) is 2.99. The van der Waals surface area contributed by atoms with E-state index in [4.69, 9.17) is 11.6 Å². The molecule has 1 N–H and O–H groups in total. The third-order valence-electron chi connectivity index (χ3n) is 3.25. The molecule has 2 nitrogen and oxygen atoms in total. The second kappa shape index (κ2) is 4.65. The Bertz CT molecular complexity index is 449. The van der Waals surface area contributed by atoms with Crippen molar-refractivity contribution in [2.45, 2.75) is 26.3 Å². The number of nitrogens with one attached hydrogen (secondary N) is 1. The van der Waals surface area contributed by atoms with Gasteiger partial charge in [-0.1, -0.05) is 24.6 Å². The first-order valence-electron chi connectivity index (χ1n) is 5.74. The lowest BCUT2D eigenvalue weighted by molar-refractivity contribution is -0.123. The number of halogens is 2. The molecule has 1 saturated carbocycles. The van der Waals surface area contributed by atoms with Gasteiger partial charge in [0, 0.05) is 5.92 Å². The third-order valence-corrected chi connectivity index (χ3v) is 3.54. The van der Waals surface area contributed by atoms with Crippen LogP contribution >= 0.6 is 11.6 Å². The van der Waals surface area contributed by atoms with Crippen LogP contribution in [0, 0.1) is 17.7 Å². The van der Waals surface area contributed by atoms with E-state index >= 15 is 0 Å². The van der Waals surface area contributed by atoms with Crippen molar-refractivity contribution in [2.24, 2.45) is 11.8 Å². The number of amides is 1. The summed E-state index contributed by atoms with van der Waals surface area (Å²) >= 11 is 5.70. The summed E-state index contributed by atoms with van der Waals surface area (Å²) in [7, 11) is 0. The molecular weight excluding hydrogens is 241 g/mol. The molecule has 0 saturated heterocycles. The molecule has 1 aliphatic rings. The fourth-order valence-electron chi connectivity index (χ4n) is 1.87. The van der Waals surface area contributed by atoms with Gasteiger partial charge in [0.2, 0.25) is 5.91 Å².